The van der Waals surface area contributed by atoms with Crippen LogP contribution in [0, 0.1) is 0 Å². The van der Waals surface area contributed by atoms with E-state index in [9.17, 15) is 8.42 Å². The van der Waals surface area contributed by atoms with Gasteiger partial charge in [-0.1, -0.05) is 11.8 Å². The minimum Gasteiger partial charge on any atom is -0.481 e. The van der Waals surface area contributed by atoms with Crippen LogP contribution in [0.15, 0.2) is 22.1 Å². The molecule has 1 saturated heterocycles. The maximum absolute atomic E-state index is 12.1. The molecule has 2 aromatic heterocycles. The number of thiazole rings is 1. The van der Waals surface area contributed by atoms with E-state index in [0.717, 1.165) is 12.1 Å². The van der Waals surface area contributed by atoms with Crippen molar-refractivity contribution in [3.8, 4) is 5.88 Å². The van der Waals surface area contributed by atoms with Gasteiger partial charge in [0.15, 0.2) is 5.16 Å². The average Bonchev–Trinajstić information content (AvgIpc) is 2.95. The van der Waals surface area contributed by atoms with Gasteiger partial charge in [-0.25, -0.2) is 9.97 Å². The Labute approximate surface area is 142 Å². The van der Waals surface area contributed by atoms with E-state index in [2.05, 4.69) is 19.7 Å². The second-order valence-corrected chi connectivity index (χ2v) is 8.04. The fraction of sp³-hybridized carbons (Fsp3) is 0.417. The van der Waals surface area contributed by atoms with Gasteiger partial charge in [0.1, 0.15) is 5.82 Å². The Morgan fingerprint density at radius 3 is 2.87 bits per heavy atom. The van der Waals surface area contributed by atoms with Crippen molar-refractivity contribution < 1.29 is 13.2 Å². The maximum Gasteiger partial charge on any atom is 0.302 e. The van der Waals surface area contributed by atoms with Gasteiger partial charge in [0, 0.05) is 30.3 Å². The summed E-state index contributed by atoms with van der Waals surface area (Å²) in [6, 6.07) is 1.46. The standard InChI is InChI=1S/C12H15N5O3S3/c1-20-11-5-10(16-23(18,19)17-3-2-4-17)14-12(15-11)22-7-9-6-21-8-13-9/h5-6,8H,2-4,7H2,1H3,(H,14,15,16). The lowest BCUT2D eigenvalue weighted by molar-refractivity contribution is 0.311. The van der Waals surface area contributed by atoms with Crippen LogP contribution in [0.2, 0.25) is 0 Å². The summed E-state index contributed by atoms with van der Waals surface area (Å²) in [5.74, 6) is 1.11. The first-order chi connectivity index (χ1) is 11.1. The second-order valence-electron chi connectivity index (χ2n) is 4.71. The number of nitrogens with one attached hydrogen (secondary N) is 1. The SMILES string of the molecule is COc1cc(NS(=O)(=O)N2CCC2)nc(SCc2cscn2)n1. The van der Waals surface area contributed by atoms with Gasteiger partial charge < -0.3 is 4.74 Å². The fourth-order valence-electron chi connectivity index (χ4n) is 1.80. The molecule has 11 heteroatoms. The Bertz CT molecular complexity index is 762. The summed E-state index contributed by atoms with van der Waals surface area (Å²) >= 11 is 2.89. The van der Waals surface area contributed by atoms with Gasteiger partial charge in [-0.05, 0) is 6.42 Å². The predicted molar refractivity (Wildman–Crippen MR) is 89.0 cm³/mol. The molecule has 0 atom stereocenters. The van der Waals surface area contributed by atoms with Gasteiger partial charge >= 0.3 is 10.2 Å². The van der Waals surface area contributed by atoms with E-state index in [1.54, 1.807) is 5.51 Å². The Morgan fingerprint density at radius 2 is 2.26 bits per heavy atom. The molecule has 0 spiro atoms. The molecular weight excluding hydrogens is 358 g/mol. The van der Waals surface area contributed by atoms with E-state index in [4.69, 9.17) is 4.74 Å². The molecule has 124 valence electrons. The van der Waals surface area contributed by atoms with Gasteiger partial charge in [0.25, 0.3) is 0 Å². The molecule has 0 saturated carbocycles. The van der Waals surface area contributed by atoms with Crippen LogP contribution in [-0.2, 0) is 16.0 Å². The van der Waals surface area contributed by atoms with Crippen LogP contribution in [0.1, 0.15) is 12.1 Å². The topological polar surface area (TPSA) is 97.3 Å². The highest BCUT2D eigenvalue weighted by Gasteiger charge is 2.28. The third-order valence-corrected chi connectivity index (χ3v) is 6.14. The minimum absolute atomic E-state index is 0.199. The molecule has 3 heterocycles. The Balaban J connectivity index is 1.75. The molecule has 23 heavy (non-hydrogen) atoms. The molecule has 3 rings (SSSR count). The number of rotatable bonds is 7. The van der Waals surface area contributed by atoms with Crippen molar-refractivity contribution in [3.63, 3.8) is 0 Å². The van der Waals surface area contributed by atoms with E-state index in [1.807, 2.05) is 5.38 Å². The van der Waals surface area contributed by atoms with Gasteiger partial charge in [-0.2, -0.15) is 17.7 Å². The van der Waals surface area contributed by atoms with Gasteiger partial charge in [0.05, 0.1) is 18.3 Å². The molecule has 0 aromatic carbocycles. The first kappa shape index (κ1) is 16.4. The Hall–Kier alpha value is -1.43. The number of hydrogen-bond acceptors (Lipinski definition) is 8. The van der Waals surface area contributed by atoms with Crippen LogP contribution >= 0.6 is 23.1 Å². The largest absolute Gasteiger partial charge is 0.481 e. The molecule has 2 aromatic rings. The highest BCUT2D eigenvalue weighted by atomic mass is 32.2. The van der Waals surface area contributed by atoms with Gasteiger partial charge in [-0.15, -0.1) is 11.3 Å². The molecule has 1 N–H and O–H groups in total. The number of nitrogens with zero attached hydrogens (tertiary/aromatic N) is 4. The summed E-state index contributed by atoms with van der Waals surface area (Å²) < 4.78 is 33.2. The number of hydrogen-bond donors (Lipinski definition) is 1. The molecule has 0 unspecified atom stereocenters. The number of thioether (sulfide) groups is 1. The normalized spacial score (nSPS) is 15.2. The van der Waals surface area contributed by atoms with Crippen molar-refractivity contribution in [2.75, 3.05) is 24.9 Å². The highest BCUT2D eigenvalue weighted by Crippen LogP contribution is 2.25. The molecule has 0 radical (unpaired) electrons. The van der Waals surface area contributed by atoms with Crippen molar-refractivity contribution in [3.05, 3.63) is 22.7 Å². The average molecular weight is 373 g/mol. The number of methoxy groups -OCH3 is 1. The molecule has 8 nitrogen and oxygen atoms in total. The van der Waals surface area contributed by atoms with Crippen molar-refractivity contribution in [2.45, 2.75) is 17.3 Å². The summed E-state index contributed by atoms with van der Waals surface area (Å²) in [7, 11) is -2.08. The lowest BCUT2D eigenvalue weighted by Gasteiger charge is -2.29. The van der Waals surface area contributed by atoms with Gasteiger partial charge in [0.2, 0.25) is 5.88 Å². The number of ether oxygens (including phenoxy) is 1. The van der Waals surface area contributed by atoms with Crippen LogP contribution < -0.4 is 9.46 Å². The minimum atomic E-state index is -3.56. The first-order valence-corrected chi connectivity index (χ1v) is 10.1. The quantitative estimate of drug-likeness (QED) is 0.581. The van der Waals surface area contributed by atoms with Crippen LogP contribution in [0.5, 0.6) is 5.88 Å². The highest BCUT2D eigenvalue weighted by molar-refractivity contribution is 7.98. The molecule has 0 amide bonds. The zero-order valence-corrected chi connectivity index (χ0v) is 14.7. The van der Waals surface area contributed by atoms with Crippen LogP contribution in [0.3, 0.4) is 0 Å². The van der Waals surface area contributed by atoms with E-state index < -0.39 is 10.2 Å². The number of aromatic nitrogens is 3. The first-order valence-electron chi connectivity index (χ1n) is 6.77. The smallest absolute Gasteiger partial charge is 0.302 e. The second kappa shape index (κ2) is 6.99. The molecule has 1 aliphatic heterocycles. The number of anilines is 1. The summed E-state index contributed by atoms with van der Waals surface area (Å²) in [5, 5.41) is 2.37. The zero-order valence-electron chi connectivity index (χ0n) is 12.3. The van der Waals surface area contributed by atoms with Crippen LogP contribution in [0.25, 0.3) is 0 Å². The lowest BCUT2D eigenvalue weighted by Crippen LogP contribution is -2.45. The zero-order chi connectivity index (χ0) is 16.3. The van der Waals surface area contributed by atoms with Crippen molar-refractivity contribution in [1.29, 1.82) is 0 Å². The fourth-order valence-corrected chi connectivity index (χ4v) is 4.45. The predicted octanol–water partition coefficient (Wildman–Crippen LogP) is 1.60. The third kappa shape index (κ3) is 4.10. The summed E-state index contributed by atoms with van der Waals surface area (Å²) in [4.78, 5) is 12.6. The van der Waals surface area contributed by atoms with Gasteiger partial charge in [-0.3, -0.25) is 4.72 Å². The third-order valence-electron chi connectivity index (χ3n) is 3.11. The van der Waals surface area contributed by atoms with Crippen LogP contribution in [-0.4, -0.2) is 47.9 Å². The monoisotopic (exact) mass is 373 g/mol. The van der Waals surface area contributed by atoms with E-state index in [-0.39, 0.29) is 5.82 Å². The summed E-state index contributed by atoms with van der Waals surface area (Å²) in [6.45, 7) is 1.06. The lowest BCUT2D eigenvalue weighted by atomic mass is 10.3. The van der Waals surface area contributed by atoms with E-state index in [0.29, 0.717) is 29.9 Å². The van der Waals surface area contributed by atoms with Crippen molar-refractivity contribution in [1.82, 2.24) is 19.3 Å². The maximum atomic E-state index is 12.1. The van der Waals surface area contributed by atoms with E-state index in [1.165, 1.54) is 40.6 Å². The summed E-state index contributed by atoms with van der Waals surface area (Å²) in [6.07, 6.45) is 0.878. The molecule has 1 aliphatic rings. The Kier molecular flexibility index (Phi) is 4.99. The van der Waals surface area contributed by atoms with Crippen molar-refractivity contribution in [2.24, 2.45) is 0 Å². The molecule has 0 aliphatic carbocycles. The molecule has 1 fully saturated rings. The Morgan fingerprint density at radius 1 is 1.43 bits per heavy atom. The molecular formula is C12H15N5O3S3. The van der Waals surface area contributed by atoms with E-state index >= 15 is 0 Å². The molecule has 0 bridgehead atoms. The van der Waals surface area contributed by atoms with Crippen LogP contribution in [0.4, 0.5) is 5.82 Å². The van der Waals surface area contributed by atoms with Crippen molar-refractivity contribution >= 4 is 39.1 Å². The summed E-state index contributed by atoms with van der Waals surface area (Å²) in [5.41, 5.74) is 2.68.